The molecule has 0 unspecified atom stereocenters. The second-order valence-corrected chi connectivity index (χ2v) is 6.42. The number of imidazole rings is 1. The van der Waals surface area contributed by atoms with Gasteiger partial charge in [-0.15, -0.1) is 0 Å². The van der Waals surface area contributed by atoms with Crippen LogP contribution in [0, 0.1) is 0 Å². The molecule has 0 aliphatic heterocycles. The average molecular weight is 383 g/mol. The van der Waals surface area contributed by atoms with Gasteiger partial charge >= 0.3 is 0 Å². The second kappa shape index (κ2) is 6.78. The summed E-state index contributed by atoms with van der Waals surface area (Å²) in [5, 5.41) is 3.80. The molecule has 0 spiro atoms. The number of hydrogen-bond acceptors (Lipinski definition) is 3. The number of pyridine rings is 1. The van der Waals surface area contributed by atoms with Crippen LogP contribution in [0.25, 0.3) is 22.4 Å². The summed E-state index contributed by atoms with van der Waals surface area (Å²) < 4.78 is 0. The van der Waals surface area contributed by atoms with E-state index in [2.05, 4.69) is 20.3 Å². The van der Waals surface area contributed by atoms with E-state index in [0.717, 1.165) is 16.6 Å². The van der Waals surface area contributed by atoms with Crippen LogP contribution < -0.4 is 5.32 Å². The van der Waals surface area contributed by atoms with Crippen LogP contribution in [0.3, 0.4) is 0 Å². The molecule has 0 atom stereocenters. The van der Waals surface area contributed by atoms with Crippen molar-refractivity contribution >= 4 is 45.8 Å². The zero-order valence-electron chi connectivity index (χ0n) is 13.3. The zero-order chi connectivity index (χ0) is 18.1. The first-order valence-corrected chi connectivity index (χ1v) is 8.53. The number of anilines is 1. The number of H-pyrrole nitrogens is 1. The molecule has 0 fully saturated rings. The highest BCUT2D eigenvalue weighted by Crippen LogP contribution is 2.28. The van der Waals surface area contributed by atoms with Gasteiger partial charge in [0.1, 0.15) is 11.0 Å². The third kappa shape index (κ3) is 3.27. The molecular weight excluding hydrogens is 371 g/mol. The minimum absolute atomic E-state index is 0.264. The number of rotatable bonds is 3. The fourth-order valence-electron chi connectivity index (χ4n) is 2.58. The number of aromatic amines is 1. The lowest BCUT2D eigenvalue weighted by Crippen LogP contribution is -2.11. The molecule has 0 radical (unpaired) electrons. The summed E-state index contributed by atoms with van der Waals surface area (Å²) in [7, 11) is 0. The summed E-state index contributed by atoms with van der Waals surface area (Å²) in [5.41, 5.74) is 3.48. The molecule has 7 heteroatoms. The van der Waals surface area contributed by atoms with E-state index in [-0.39, 0.29) is 5.91 Å². The molecule has 4 rings (SSSR count). The first kappa shape index (κ1) is 16.6. The first-order chi connectivity index (χ1) is 12.6. The van der Waals surface area contributed by atoms with Gasteiger partial charge < -0.3 is 10.3 Å². The Hall–Kier alpha value is -2.89. The molecule has 0 saturated carbocycles. The van der Waals surface area contributed by atoms with Crippen LogP contribution in [-0.4, -0.2) is 20.9 Å². The number of amides is 1. The summed E-state index contributed by atoms with van der Waals surface area (Å²) >= 11 is 12.0. The molecule has 2 aromatic heterocycles. The Kier molecular flexibility index (Phi) is 4.32. The van der Waals surface area contributed by atoms with Crippen LogP contribution >= 0.6 is 23.2 Å². The molecule has 0 saturated heterocycles. The van der Waals surface area contributed by atoms with Crippen molar-refractivity contribution in [2.24, 2.45) is 0 Å². The van der Waals surface area contributed by atoms with Crippen molar-refractivity contribution in [3.8, 4) is 11.4 Å². The number of benzene rings is 2. The van der Waals surface area contributed by atoms with Crippen LogP contribution in [-0.2, 0) is 0 Å². The summed E-state index contributed by atoms with van der Waals surface area (Å²) in [4.78, 5) is 24.0. The maximum Gasteiger partial charge on any atom is 0.257 e. The van der Waals surface area contributed by atoms with Crippen molar-refractivity contribution in [1.82, 2.24) is 15.0 Å². The van der Waals surface area contributed by atoms with Crippen molar-refractivity contribution in [2.75, 3.05) is 5.32 Å². The van der Waals surface area contributed by atoms with Crippen molar-refractivity contribution in [3.63, 3.8) is 0 Å². The van der Waals surface area contributed by atoms with E-state index in [1.807, 2.05) is 36.4 Å². The van der Waals surface area contributed by atoms with Gasteiger partial charge in [0, 0.05) is 17.4 Å². The van der Waals surface area contributed by atoms with Gasteiger partial charge in [0.15, 0.2) is 0 Å². The number of fused-ring (bicyclic) bond motifs is 1. The maximum absolute atomic E-state index is 12.3. The Morgan fingerprint density at radius 2 is 1.88 bits per heavy atom. The first-order valence-electron chi connectivity index (χ1n) is 7.78. The quantitative estimate of drug-likeness (QED) is 0.479. The van der Waals surface area contributed by atoms with Crippen LogP contribution in [0.2, 0.25) is 10.2 Å². The van der Waals surface area contributed by atoms with Crippen molar-refractivity contribution in [3.05, 3.63) is 76.5 Å². The summed E-state index contributed by atoms with van der Waals surface area (Å²) in [6.07, 6.45) is 1.43. The Morgan fingerprint density at radius 3 is 2.65 bits per heavy atom. The number of carbonyl (C=O) groups excluding carboxylic acids is 1. The van der Waals surface area contributed by atoms with Crippen molar-refractivity contribution < 1.29 is 4.79 Å². The fourth-order valence-corrected chi connectivity index (χ4v) is 2.92. The van der Waals surface area contributed by atoms with Gasteiger partial charge in [-0.3, -0.25) is 4.79 Å². The minimum atomic E-state index is -0.264. The standard InChI is InChI=1S/C19H12Cl2N4O/c20-14-4-2-1-3-13(14)18-24-15-7-6-12(9-16(15)25-18)23-19(26)11-5-8-17(21)22-10-11/h1-10H,(H,23,26)(H,24,25). The van der Waals surface area contributed by atoms with Gasteiger partial charge in [0.05, 0.1) is 21.6 Å². The van der Waals surface area contributed by atoms with E-state index in [1.54, 1.807) is 18.2 Å². The molecule has 2 N–H and O–H groups in total. The largest absolute Gasteiger partial charge is 0.338 e. The molecule has 5 nitrogen and oxygen atoms in total. The Bertz CT molecular complexity index is 1110. The predicted molar refractivity (Wildman–Crippen MR) is 104 cm³/mol. The third-order valence-electron chi connectivity index (χ3n) is 3.86. The number of carbonyl (C=O) groups is 1. The van der Waals surface area contributed by atoms with E-state index < -0.39 is 0 Å². The molecule has 128 valence electrons. The SMILES string of the molecule is O=C(Nc1ccc2nc(-c3ccccc3Cl)[nH]c2c1)c1ccc(Cl)nc1. The normalized spacial score (nSPS) is 10.8. The van der Waals surface area contributed by atoms with Gasteiger partial charge in [0.2, 0.25) is 0 Å². The van der Waals surface area contributed by atoms with E-state index in [1.165, 1.54) is 6.20 Å². The topological polar surface area (TPSA) is 70.7 Å². The third-order valence-corrected chi connectivity index (χ3v) is 4.41. The fraction of sp³-hybridized carbons (Fsp3) is 0. The molecule has 0 aliphatic rings. The molecule has 26 heavy (non-hydrogen) atoms. The average Bonchev–Trinajstić information content (AvgIpc) is 3.05. The molecule has 4 aromatic rings. The molecule has 2 heterocycles. The number of halogens is 2. The lowest BCUT2D eigenvalue weighted by Gasteiger charge is -2.05. The summed E-state index contributed by atoms with van der Waals surface area (Å²) in [5.74, 6) is 0.412. The molecule has 0 bridgehead atoms. The predicted octanol–water partition coefficient (Wildman–Crippen LogP) is 5.18. The zero-order valence-corrected chi connectivity index (χ0v) is 14.8. The van der Waals surface area contributed by atoms with Gasteiger partial charge in [-0.25, -0.2) is 9.97 Å². The number of hydrogen-bond donors (Lipinski definition) is 2. The molecule has 0 aliphatic carbocycles. The van der Waals surface area contributed by atoms with Crippen molar-refractivity contribution in [1.29, 1.82) is 0 Å². The van der Waals surface area contributed by atoms with Gasteiger partial charge in [0.25, 0.3) is 5.91 Å². The Labute approximate surface area is 159 Å². The van der Waals surface area contributed by atoms with Crippen LogP contribution in [0.5, 0.6) is 0 Å². The highest BCUT2D eigenvalue weighted by molar-refractivity contribution is 6.33. The minimum Gasteiger partial charge on any atom is -0.338 e. The number of nitrogens with one attached hydrogen (secondary N) is 2. The number of aromatic nitrogens is 3. The van der Waals surface area contributed by atoms with Gasteiger partial charge in [-0.2, -0.15) is 0 Å². The molecule has 1 amide bonds. The highest BCUT2D eigenvalue weighted by Gasteiger charge is 2.11. The van der Waals surface area contributed by atoms with Crippen LogP contribution in [0.4, 0.5) is 5.69 Å². The maximum atomic E-state index is 12.3. The van der Waals surface area contributed by atoms with E-state index in [4.69, 9.17) is 23.2 Å². The second-order valence-electron chi connectivity index (χ2n) is 5.62. The molecule has 2 aromatic carbocycles. The Balaban J connectivity index is 1.62. The molecular formula is C19H12Cl2N4O. The highest BCUT2D eigenvalue weighted by atomic mass is 35.5. The van der Waals surface area contributed by atoms with E-state index in [9.17, 15) is 4.79 Å². The van der Waals surface area contributed by atoms with Crippen LogP contribution in [0.1, 0.15) is 10.4 Å². The smallest absolute Gasteiger partial charge is 0.257 e. The summed E-state index contributed by atoms with van der Waals surface area (Å²) in [6.45, 7) is 0. The van der Waals surface area contributed by atoms with Crippen molar-refractivity contribution in [2.45, 2.75) is 0 Å². The van der Waals surface area contributed by atoms with Gasteiger partial charge in [-0.05, 0) is 42.5 Å². The lowest BCUT2D eigenvalue weighted by molar-refractivity contribution is 0.102. The van der Waals surface area contributed by atoms with E-state index >= 15 is 0 Å². The van der Waals surface area contributed by atoms with Gasteiger partial charge in [-0.1, -0.05) is 35.3 Å². The summed E-state index contributed by atoms with van der Waals surface area (Å²) in [6, 6.07) is 16.1. The number of nitrogens with zero attached hydrogens (tertiary/aromatic N) is 2. The van der Waals surface area contributed by atoms with E-state index in [0.29, 0.717) is 27.3 Å². The monoisotopic (exact) mass is 382 g/mol. The lowest BCUT2D eigenvalue weighted by atomic mass is 10.2. The van der Waals surface area contributed by atoms with Crippen LogP contribution in [0.15, 0.2) is 60.8 Å². The Morgan fingerprint density at radius 1 is 1.04 bits per heavy atom.